The van der Waals surface area contributed by atoms with E-state index < -0.39 is 36.0 Å². The van der Waals surface area contributed by atoms with E-state index in [0.717, 1.165) is 25.3 Å². The topological polar surface area (TPSA) is 53.4 Å². The molecule has 0 fully saturated rings. The van der Waals surface area contributed by atoms with Crippen molar-refractivity contribution in [1.82, 2.24) is 9.78 Å². The van der Waals surface area contributed by atoms with Gasteiger partial charge in [-0.3, -0.25) is 9.25 Å². The number of aromatic nitrogens is 2. The molecule has 0 aliphatic rings. The molecule has 1 aromatic heterocycles. The Bertz CT molecular complexity index is 1010. The van der Waals surface area contributed by atoms with Gasteiger partial charge in [0.25, 0.3) is 0 Å². The van der Waals surface area contributed by atoms with Gasteiger partial charge in [0, 0.05) is 12.6 Å². The summed E-state index contributed by atoms with van der Waals surface area (Å²) in [5, 5.41) is 2.77. The van der Waals surface area contributed by atoms with E-state index in [-0.39, 0.29) is 34.1 Å². The molecule has 2 aromatic rings. The van der Waals surface area contributed by atoms with Gasteiger partial charge < -0.3 is 9.05 Å². The highest BCUT2D eigenvalue weighted by Gasteiger charge is 2.39. The molecule has 0 amide bonds. The van der Waals surface area contributed by atoms with E-state index in [0.29, 0.717) is 4.68 Å². The second kappa shape index (κ2) is 9.59. The molecule has 0 N–H and O–H groups in total. The minimum Gasteiger partial charge on any atom is -0.305 e. The van der Waals surface area contributed by atoms with E-state index in [9.17, 15) is 22.1 Å². The largest absolute Gasteiger partial charge is 0.434 e. The molecule has 30 heavy (non-hydrogen) atoms. The average molecular weight is 510 g/mol. The molecule has 0 unspecified atom stereocenters. The zero-order chi connectivity index (χ0) is 22.9. The summed E-state index contributed by atoms with van der Waals surface area (Å²) in [5.74, 6) is -0.959. The van der Waals surface area contributed by atoms with Crippen LogP contribution >= 0.6 is 42.4 Å². The van der Waals surface area contributed by atoms with Crippen LogP contribution in [0.25, 0.3) is 17.3 Å². The van der Waals surface area contributed by atoms with E-state index in [1.165, 1.54) is 0 Å². The standard InChI is InChI=1S/C17H16Cl3F4N2O3P/c1-4-28-30(27,29-5-2)13(19)7-9-6-10(12(21)8-11(9)18)15-14(20)16(17(22,23)24)26(3)25-15/h6-8H,4-5H2,1-3H3/b13-7+. The molecule has 0 saturated carbocycles. The van der Waals surface area contributed by atoms with Gasteiger partial charge in [-0.05, 0) is 37.6 Å². The molecule has 0 radical (unpaired) electrons. The molecular formula is C17H16Cl3F4N2O3P. The van der Waals surface area contributed by atoms with Gasteiger partial charge in [0.2, 0.25) is 0 Å². The van der Waals surface area contributed by atoms with Crippen LogP contribution in [0, 0.1) is 5.82 Å². The highest BCUT2D eigenvalue weighted by molar-refractivity contribution is 7.61. The van der Waals surface area contributed by atoms with Crippen LogP contribution in [-0.2, 0) is 26.8 Å². The molecule has 1 aromatic carbocycles. The molecule has 0 aliphatic heterocycles. The van der Waals surface area contributed by atoms with Crippen molar-refractivity contribution in [2.75, 3.05) is 13.2 Å². The predicted octanol–water partition coefficient (Wildman–Crippen LogP) is 7.36. The van der Waals surface area contributed by atoms with E-state index in [1.807, 2.05) is 0 Å². The molecule has 5 nitrogen and oxygen atoms in total. The van der Waals surface area contributed by atoms with Gasteiger partial charge in [-0.2, -0.15) is 18.3 Å². The van der Waals surface area contributed by atoms with Crippen LogP contribution in [0.3, 0.4) is 0 Å². The summed E-state index contributed by atoms with van der Waals surface area (Å²) in [6, 6.07) is 1.95. The minimum absolute atomic E-state index is 0.0352. The third-order valence-corrected chi connectivity index (χ3v) is 7.00. The van der Waals surface area contributed by atoms with Crippen LogP contribution in [0.15, 0.2) is 16.9 Å². The smallest absolute Gasteiger partial charge is 0.305 e. The van der Waals surface area contributed by atoms with Crippen molar-refractivity contribution in [3.05, 3.63) is 44.0 Å². The van der Waals surface area contributed by atoms with Crippen molar-refractivity contribution in [2.24, 2.45) is 7.05 Å². The van der Waals surface area contributed by atoms with Crippen LogP contribution < -0.4 is 0 Å². The lowest BCUT2D eigenvalue weighted by molar-refractivity contribution is -0.143. The second-order valence-corrected chi connectivity index (χ2v) is 9.24. The number of hydrogen-bond donors (Lipinski definition) is 0. The summed E-state index contributed by atoms with van der Waals surface area (Å²) in [5.41, 5.74) is -1.98. The first-order valence-electron chi connectivity index (χ1n) is 8.41. The Kier molecular flexibility index (Phi) is 8.05. The summed E-state index contributed by atoms with van der Waals surface area (Å²) < 4.78 is 77.2. The van der Waals surface area contributed by atoms with Gasteiger partial charge >= 0.3 is 13.8 Å². The number of halogens is 7. The summed E-state index contributed by atoms with van der Waals surface area (Å²) >= 11 is 18.0. The minimum atomic E-state index is -4.80. The van der Waals surface area contributed by atoms with Gasteiger partial charge in [0.1, 0.15) is 16.3 Å². The van der Waals surface area contributed by atoms with Crippen LogP contribution in [0.4, 0.5) is 17.6 Å². The Balaban J connectivity index is 2.64. The predicted molar refractivity (Wildman–Crippen MR) is 108 cm³/mol. The van der Waals surface area contributed by atoms with Crippen molar-refractivity contribution in [3.8, 4) is 11.3 Å². The molecule has 2 rings (SSSR count). The molecule has 0 aliphatic carbocycles. The normalized spacial score (nSPS) is 13.2. The first-order chi connectivity index (χ1) is 13.9. The van der Waals surface area contributed by atoms with Crippen molar-refractivity contribution >= 4 is 48.5 Å². The van der Waals surface area contributed by atoms with Crippen molar-refractivity contribution in [3.63, 3.8) is 0 Å². The van der Waals surface area contributed by atoms with Crippen LogP contribution in [0.5, 0.6) is 0 Å². The maximum atomic E-state index is 14.5. The Morgan fingerprint density at radius 1 is 1.23 bits per heavy atom. The molecule has 166 valence electrons. The zero-order valence-corrected chi connectivity index (χ0v) is 19.0. The maximum Gasteiger partial charge on any atom is 0.434 e. The third-order valence-electron chi connectivity index (χ3n) is 3.73. The highest BCUT2D eigenvalue weighted by atomic mass is 35.5. The number of nitrogens with zero attached hydrogens (tertiary/aromatic N) is 2. The Hall–Kier alpha value is -1.09. The molecule has 0 atom stereocenters. The van der Waals surface area contributed by atoms with Crippen LogP contribution in [0.2, 0.25) is 10.0 Å². The molecular weight excluding hydrogens is 494 g/mol. The number of benzene rings is 1. The second-order valence-electron chi connectivity index (χ2n) is 5.79. The first kappa shape index (κ1) is 25.2. The van der Waals surface area contributed by atoms with E-state index in [1.54, 1.807) is 13.8 Å². The van der Waals surface area contributed by atoms with Gasteiger partial charge in [0.05, 0.1) is 23.3 Å². The molecule has 0 spiro atoms. The molecule has 0 saturated heterocycles. The summed E-state index contributed by atoms with van der Waals surface area (Å²) in [6.45, 7) is 3.24. The van der Waals surface area contributed by atoms with Gasteiger partial charge in [-0.15, -0.1) is 0 Å². The van der Waals surface area contributed by atoms with Crippen molar-refractivity contribution in [2.45, 2.75) is 20.0 Å². The number of hydrogen-bond acceptors (Lipinski definition) is 4. The monoisotopic (exact) mass is 508 g/mol. The van der Waals surface area contributed by atoms with Crippen molar-refractivity contribution in [1.29, 1.82) is 0 Å². The maximum absolute atomic E-state index is 14.5. The molecule has 1 heterocycles. The molecule has 13 heteroatoms. The van der Waals surface area contributed by atoms with Gasteiger partial charge in [-0.25, -0.2) is 4.39 Å². The SMILES string of the molecule is CCOP(=O)(OCC)/C(Cl)=C/c1cc(-c2nn(C)c(C(F)(F)F)c2Cl)c(F)cc1Cl. The average Bonchev–Trinajstić information content (AvgIpc) is 2.91. The lowest BCUT2D eigenvalue weighted by Crippen LogP contribution is -2.12. The third kappa shape index (κ3) is 5.21. The summed E-state index contributed by atoms with van der Waals surface area (Å²) in [4.78, 5) is 0. The first-order valence-corrected chi connectivity index (χ1v) is 11.1. The number of aryl methyl sites for hydroxylation is 1. The fourth-order valence-electron chi connectivity index (χ4n) is 2.54. The van der Waals surface area contributed by atoms with E-state index in [2.05, 4.69) is 5.10 Å². The van der Waals surface area contributed by atoms with E-state index in [4.69, 9.17) is 43.9 Å². The van der Waals surface area contributed by atoms with E-state index >= 15 is 0 Å². The fourth-order valence-corrected chi connectivity index (χ4v) is 4.83. The van der Waals surface area contributed by atoms with Crippen molar-refractivity contribution < 1.29 is 31.2 Å². The Morgan fingerprint density at radius 2 is 1.80 bits per heavy atom. The highest BCUT2D eigenvalue weighted by Crippen LogP contribution is 2.58. The summed E-state index contributed by atoms with van der Waals surface area (Å²) in [6.07, 6.45) is -3.67. The Morgan fingerprint density at radius 3 is 2.27 bits per heavy atom. The lowest BCUT2D eigenvalue weighted by Gasteiger charge is -2.16. The fraction of sp³-hybridized carbons (Fsp3) is 0.353. The molecule has 0 bridgehead atoms. The number of rotatable bonds is 7. The van der Waals surface area contributed by atoms with Crippen LogP contribution in [-0.4, -0.2) is 23.0 Å². The lowest BCUT2D eigenvalue weighted by atomic mass is 10.1. The quantitative estimate of drug-likeness (QED) is 0.289. The van der Waals surface area contributed by atoms with Crippen LogP contribution in [0.1, 0.15) is 25.1 Å². The van der Waals surface area contributed by atoms with Gasteiger partial charge in [-0.1, -0.05) is 34.8 Å². The zero-order valence-electron chi connectivity index (χ0n) is 15.9. The number of alkyl halides is 3. The summed E-state index contributed by atoms with van der Waals surface area (Å²) in [7, 11) is -2.82. The Labute approximate surface area is 185 Å². The van der Waals surface area contributed by atoms with Gasteiger partial charge in [0.15, 0.2) is 5.69 Å².